The van der Waals surface area contributed by atoms with Crippen molar-refractivity contribution in [2.24, 2.45) is 4.99 Å². The average molecular weight is 490 g/mol. The predicted octanol–water partition coefficient (Wildman–Crippen LogP) is 6.06. The molecule has 0 saturated carbocycles. The van der Waals surface area contributed by atoms with Crippen LogP contribution in [0, 0.1) is 11.6 Å². The minimum Gasteiger partial charge on any atom is -0.338 e. The molecule has 0 amide bonds. The lowest BCUT2D eigenvalue weighted by Gasteiger charge is -2.38. The van der Waals surface area contributed by atoms with E-state index in [0.29, 0.717) is 18.2 Å². The zero-order chi connectivity index (χ0) is 25.1. The molecule has 0 bridgehead atoms. The summed E-state index contributed by atoms with van der Waals surface area (Å²) in [5.74, 6) is -0.324. The van der Waals surface area contributed by atoms with Crippen molar-refractivity contribution in [1.82, 2.24) is 14.9 Å². The Morgan fingerprint density at radius 3 is 2.11 bits per heavy atom. The molecule has 2 aliphatic rings. The normalized spacial score (nSPS) is 18.6. The molecule has 1 atom stereocenters. The van der Waals surface area contributed by atoms with Gasteiger partial charge in [-0.25, -0.2) is 18.7 Å². The Balaban J connectivity index is 1.23. The number of rotatable bonds is 7. The van der Waals surface area contributed by atoms with Crippen LogP contribution in [0.3, 0.4) is 0 Å². The minimum atomic E-state index is -0.554. The monoisotopic (exact) mass is 489 g/mol. The number of halogens is 2. The molecular weight excluding hydrogens is 456 g/mol. The van der Waals surface area contributed by atoms with Gasteiger partial charge in [-0.2, -0.15) is 0 Å². The summed E-state index contributed by atoms with van der Waals surface area (Å²) in [7, 11) is 0. The molecule has 5 nitrogen and oxygen atoms in total. The third kappa shape index (κ3) is 5.03. The van der Waals surface area contributed by atoms with Gasteiger partial charge in [-0.05, 0) is 48.9 Å². The molecule has 3 aromatic rings. The fraction of sp³-hybridized carbons (Fsp3) is 0.414. The van der Waals surface area contributed by atoms with Gasteiger partial charge in [0.25, 0.3) is 0 Å². The molecule has 1 aromatic heterocycles. The molecule has 2 aromatic carbocycles. The van der Waals surface area contributed by atoms with Gasteiger partial charge in [-0.15, -0.1) is 0 Å². The molecule has 1 fully saturated rings. The molecule has 0 N–H and O–H groups in total. The molecule has 0 aliphatic carbocycles. The molecule has 36 heavy (non-hydrogen) atoms. The molecule has 5 rings (SSSR count). The summed E-state index contributed by atoms with van der Waals surface area (Å²) in [5.41, 5.74) is 3.55. The van der Waals surface area contributed by atoms with E-state index < -0.39 is 11.6 Å². The average Bonchev–Trinajstić information content (AvgIpc) is 3.40. The van der Waals surface area contributed by atoms with Gasteiger partial charge in [0.05, 0.1) is 11.6 Å². The molecule has 3 heterocycles. The summed E-state index contributed by atoms with van der Waals surface area (Å²) in [6, 6.07) is 12.7. The van der Waals surface area contributed by atoms with Crippen LogP contribution in [0.5, 0.6) is 0 Å². The largest absolute Gasteiger partial charge is 0.338 e. The zero-order valence-corrected chi connectivity index (χ0v) is 21.0. The first-order valence-electron chi connectivity index (χ1n) is 13.0. The number of aromatic nitrogens is 2. The van der Waals surface area contributed by atoms with E-state index in [1.54, 1.807) is 0 Å². The number of nitrogens with zero attached hydrogens (tertiary/aromatic N) is 5. The second-order valence-corrected chi connectivity index (χ2v) is 9.61. The smallest absolute Gasteiger partial charge is 0.225 e. The quantitative estimate of drug-likeness (QED) is 0.405. The van der Waals surface area contributed by atoms with E-state index in [2.05, 4.69) is 38.6 Å². The van der Waals surface area contributed by atoms with Crippen molar-refractivity contribution in [2.75, 3.05) is 31.1 Å². The number of hydrogen-bond acceptors (Lipinski definition) is 5. The first-order valence-corrected chi connectivity index (χ1v) is 13.0. The third-order valence-corrected chi connectivity index (χ3v) is 7.54. The maximum atomic E-state index is 14.2. The second-order valence-electron chi connectivity index (χ2n) is 9.61. The highest BCUT2D eigenvalue weighted by Crippen LogP contribution is 2.33. The first-order chi connectivity index (χ1) is 17.6. The van der Waals surface area contributed by atoms with Crippen LogP contribution in [0.2, 0.25) is 0 Å². The fourth-order valence-electron chi connectivity index (χ4n) is 5.42. The van der Waals surface area contributed by atoms with E-state index in [-0.39, 0.29) is 11.6 Å². The molecular formula is C29H33F2N5. The minimum absolute atomic E-state index is 0.00539. The van der Waals surface area contributed by atoms with Gasteiger partial charge in [0, 0.05) is 55.9 Å². The van der Waals surface area contributed by atoms with Crippen LogP contribution in [0.25, 0.3) is 11.1 Å². The SMILES string of the molecule is CCC(CC)N1CCN(c2ncc(-c3ccc(C4CCC(c5c(F)cccc5F)=N4)cc3)cn2)CC1. The summed E-state index contributed by atoms with van der Waals surface area (Å²) < 4.78 is 28.3. The standard InChI is InChI=1S/C29H33F2N5/c1-3-23(4-2)35-14-16-36(17-15-35)29-32-18-22(19-33-29)20-8-10-21(11-9-20)26-12-13-27(34-26)28-24(30)6-5-7-25(28)31/h5-11,18-19,23,26H,3-4,12-17H2,1-2H3. The van der Waals surface area contributed by atoms with E-state index in [9.17, 15) is 8.78 Å². The van der Waals surface area contributed by atoms with E-state index in [1.807, 2.05) is 36.7 Å². The predicted molar refractivity (Wildman–Crippen MR) is 140 cm³/mol. The van der Waals surface area contributed by atoms with Crippen molar-refractivity contribution in [3.63, 3.8) is 0 Å². The molecule has 0 spiro atoms. The molecule has 188 valence electrons. The maximum Gasteiger partial charge on any atom is 0.225 e. The summed E-state index contributed by atoms with van der Waals surface area (Å²) >= 11 is 0. The third-order valence-electron chi connectivity index (χ3n) is 7.54. The first kappa shape index (κ1) is 24.5. The summed E-state index contributed by atoms with van der Waals surface area (Å²) in [5, 5.41) is 0. The highest BCUT2D eigenvalue weighted by Gasteiger charge is 2.25. The van der Waals surface area contributed by atoms with Crippen LogP contribution < -0.4 is 4.90 Å². The lowest BCUT2D eigenvalue weighted by atomic mass is 10.0. The Bertz CT molecular complexity index is 1180. The number of benzene rings is 2. The maximum absolute atomic E-state index is 14.2. The lowest BCUT2D eigenvalue weighted by Crippen LogP contribution is -2.50. The molecule has 1 saturated heterocycles. The number of aliphatic imine (C=N–C) groups is 1. The highest BCUT2D eigenvalue weighted by atomic mass is 19.1. The Labute approximate surface area is 211 Å². The van der Waals surface area contributed by atoms with E-state index >= 15 is 0 Å². The van der Waals surface area contributed by atoms with Gasteiger partial charge >= 0.3 is 0 Å². The Hall–Kier alpha value is -3.19. The lowest BCUT2D eigenvalue weighted by molar-refractivity contribution is 0.175. The van der Waals surface area contributed by atoms with Gasteiger partial charge in [0.15, 0.2) is 0 Å². The summed E-state index contributed by atoms with van der Waals surface area (Å²) in [6.45, 7) is 8.53. The van der Waals surface area contributed by atoms with Crippen molar-refractivity contribution in [2.45, 2.75) is 51.6 Å². The van der Waals surface area contributed by atoms with Crippen molar-refractivity contribution in [3.05, 3.63) is 77.6 Å². The van der Waals surface area contributed by atoms with Gasteiger partial charge in [-0.3, -0.25) is 9.89 Å². The Kier molecular flexibility index (Phi) is 7.37. The number of piperazine rings is 1. The Morgan fingerprint density at radius 2 is 1.50 bits per heavy atom. The molecule has 0 radical (unpaired) electrons. The van der Waals surface area contributed by atoms with Gasteiger partial charge in [0.2, 0.25) is 5.95 Å². The van der Waals surface area contributed by atoms with Crippen molar-refractivity contribution < 1.29 is 8.78 Å². The van der Waals surface area contributed by atoms with E-state index in [0.717, 1.165) is 55.2 Å². The van der Waals surface area contributed by atoms with Gasteiger partial charge in [0.1, 0.15) is 11.6 Å². The van der Waals surface area contributed by atoms with Crippen molar-refractivity contribution >= 4 is 11.7 Å². The zero-order valence-electron chi connectivity index (χ0n) is 21.0. The highest BCUT2D eigenvalue weighted by molar-refractivity contribution is 6.02. The van der Waals surface area contributed by atoms with Gasteiger partial charge in [-0.1, -0.05) is 44.2 Å². The molecule has 2 aliphatic heterocycles. The van der Waals surface area contributed by atoms with Crippen molar-refractivity contribution in [1.29, 1.82) is 0 Å². The summed E-state index contributed by atoms with van der Waals surface area (Å²) in [4.78, 5) is 18.8. The molecule has 7 heteroatoms. The van der Waals surface area contributed by atoms with Gasteiger partial charge < -0.3 is 4.90 Å². The van der Waals surface area contributed by atoms with Crippen LogP contribution in [-0.4, -0.2) is 52.8 Å². The molecule has 1 unspecified atom stereocenters. The van der Waals surface area contributed by atoms with Crippen molar-refractivity contribution in [3.8, 4) is 11.1 Å². The van der Waals surface area contributed by atoms with Crippen LogP contribution >= 0.6 is 0 Å². The van der Waals surface area contributed by atoms with Crippen LogP contribution in [0.1, 0.15) is 56.7 Å². The topological polar surface area (TPSA) is 44.6 Å². The second kappa shape index (κ2) is 10.8. The van der Waals surface area contributed by atoms with Crippen LogP contribution in [0.4, 0.5) is 14.7 Å². The fourth-order valence-corrected chi connectivity index (χ4v) is 5.42. The van der Waals surface area contributed by atoms with Crippen LogP contribution in [-0.2, 0) is 0 Å². The number of anilines is 1. The Morgan fingerprint density at radius 1 is 0.861 bits per heavy atom. The van der Waals surface area contributed by atoms with E-state index in [4.69, 9.17) is 0 Å². The van der Waals surface area contributed by atoms with Crippen LogP contribution in [0.15, 0.2) is 59.9 Å². The number of hydrogen-bond donors (Lipinski definition) is 0. The van der Waals surface area contributed by atoms with E-state index in [1.165, 1.54) is 31.0 Å². The summed E-state index contributed by atoms with van der Waals surface area (Å²) in [6.07, 6.45) is 7.46.